The van der Waals surface area contributed by atoms with E-state index < -0.39 is 0 Å². The van der Waals surface area contributed by atoms with Crippen molar-refractivity contribution in [3.05, 3.63) is 42.0 Å². The van der Waals surface area contributed by atoms with E-state index in [0.717, 1.165) is 10.9 Å². The van der Waals surface area contributed by atoms with Crippen molar-refractivity contribution in [1.29, 1.82) is 0 Å². The Labute approximate surface area is 81.6 Å². The first-order chi connectivity index (χ1) is 6.70. The quantitative estimate of drug-likeness (QED) is 0.749. The number of fused-ring (bicyclic) bond motifs is 1. The maximum atomic E-state index is 13.4. The number of benzene rings is 1. The van der Waals surface area contributed by atoms with E-state index in [1.165, 1.54) is 6.07 Å². The first-order valence-corrected chi connectivity index (χ1v) is 4.48. The fraction of sp³-hybridized carbons (Fsp3) is 0.182. The molecule has 1 aromatic carbocycles. The fourth-order valence-corrected chi connectivity index (χ4v) is 1.57. The minimum absolute atomic E-state index is 0.109. The molecule has 0 aliphatic carbocycles. The van der Waals surface area contributed by atoms with Gasteiger partial charge >= 0.3 is 0 Å². The van der Waals surface area contributed by atoms with Crippen molar-refractivity contribution < 1.29 is 4.39 Å². The van der Waals surface area contributed by atoms with Gasteiger partial charge in [-0.05, 0) is 24.6 Å². The Morgan fingerprint density at radius 1 is 1.29 bits per heavy atom. The molecule has 3 heteroatoms. The van der Waals surface area contributed by atoms with Crippen LogP contribution in [0.5, 0.6) is 0 Å². The molecule has 2 rings (SSSR count). The molecule has 14 heavy (non-hydrogen) atoms. The molecule has 0 amide bonds. The van der Waals surface area contributed by atoms with E-state index in [0.29, 0.717) is 5.39 Å². The van der Waals surface area contributed by atoms with Gasteiger partial charge in [0, 0.05) is 29.2 Å². The second kappa shape index (κ2) is 3.35. The molecule has 0 saturated carbocycles. The monoisotopic (exact) mass is 190 g/mol. The highest BCUT2D eigenvalue weighted by molar-refractivity contribution is 5.85. The van der Waals surface area contributed by atoms with Crippen LogP contribution in [0.3, 0.4) is 0 Å². The molecule has 1 aromatic heterocycles. The van der Waals surface area contributed by atoms with Gasteiger partial charge in [-0.2, -0.15) is 0 Å². The summed E-state index contributed by atoms with van der Waals surface area (Å²) in [4.78, 5) is 3.97. The predicted octanol–water partition coefficient (Wildman–Crippen LogP) is 2.39. The fourth-order valence-electron chi connectivity index (χ4n) is 1.57. The molecule has 0 fully saturated rings. The van der Waals surface area contributed by atoms with Crippen molar-refractivity contribution in [2.24, 2.45) is 5.73 Å². The second-order valence-corrected chi connectivity index (χ2v) is 3.35. The Kier molecular flexibility index (Phi) is 2.17. The van der Waals surface area contributed by atoms with Crippen molar-refractivity contribution in [2.45, 2.75) is 13.0 Å². The van der Waals surface area contributed by atoms with Gasteiger partial charge in [-0.3, -0.25) is 4.98 Å². The SMILES string of the molecule is CC(N)c1ccc(F)c2ccncc12. The number of rotatable bonds is 1. The molecule has 2 N–H and O–H groups in total. The van der Waals surface area contributed by atoms with Gasteiger partial charge in [0.15, 0.2) is 0 Å². The maximum Gasteiger partial charge on any atom is 0.131 e. The zero-order valence-corrected chi connectivity index (χ0v) is 7.87. The van der Waals surface area contributed by atoms with E-state index in [2.05, 4.69) is 4.98 Å². The van der Waals surface area contributed by atoms with Gasteiger partial charge in [0.1, 0.15) is 5.82 Å². The first-order valence-electron chi connectivity index (χ1n) is 4.48. The number of nitrogens with two attached hydrogens (primary N) is 1. The van der Waals surface area contributed by atoms with E-state index in [4.69, 9.17) is 5.73 Å². The van der Waals surface area contributed by atoms with Crippen LogP contribution in [0.1, 0.15) is 18.5 Å². The zero-order valence-electron chi connectivity index (χ0n) is 7.87. The summed E-state index contributed by atoms with van der Waals surface area (Å²) in [5.41, 5.74) is 6.71. The lowest BCUT2D eigenvalue weighted by molar-refractivity contribution is 0.638. The minimum Gasteiger partial charge on any atom is -0.324 e. The van der Waals surface area contributed by atoms with Crippen molar-refractivity contribution >= 4 is 10.8 Å². The Morgan fingerprint density at radius 3 is 2.79 bits per heavy atom. The molecule has 0 radical (unpaired) electrons. The number of hydrogen-bond acceptors (Lipinski definition) is 2. The number of nitrogens with zero attached hydrogens (tertiary/aromatic N) is 1. The van der Waals surface area contributed by atoms with Crippen LogP contribution >= 0.6 is 0 Å². The van der Waals surface area contributed by atoms with Crippen molar-refractivity contribution in [3.63, 3.8) is 0 Å². The summed E-state index contributed by atoms with van der Waals surface area (Å²) >= 11 is 0. The Balaban J connectivity index is 2.82. The molecule has 1 heterocycles. The summed E-state index contributed by atoms with van der Waals surface area (Å²) in [6.07, 6.45) is 3.23. The topological polar surface area (TPSA) is 38.9 Å². The third-order valence-electron chi connectivity index (χ3n) is 2.29. The Bertz CT molecular complexity index is 466. The summed E-state index contributed by atoms with van der Waals surface area (Å²) in [6.45, 7) is 1.87. The molecular formula is C11H11FN2. The molecule has 1 unspecified atom stereocenters. The molecule has 0 aliphatic rings. The number of hydrogen-bond donors (Lipinski definition) is 1. The maximum absolute atomic E-state index is 13.4. The zero-order chi connectivity index (χ0) is 10.1. The van der Waals surface area contributed by atoms with E-state index in [1.54, 1.807) is 24.5 Å². The number of aromatic nitrogens is 1. The van der Waals surface area contributed by atoms with Gasteiger partial charge in [0.2, 0.25) is 0 Å². The van der Waals surface area contributed by atoms with E-state index in [-0.39, 0.29) is 11.9 Å². The summed E-state index contributed by atoms with van der Waals surface area (Å²) in [7, 11) is 0. The van der Waals surface area contributed by atoms with Crippen molar-refractivity contribution in [2.75, 3.05) is 0 Å². The highest BCUT2D eigenvalue weighted by Crippen LogP contribution is 2.24. The summed E-state index contributed by atoms with van der Waals surface area (Å²) in [5, 5.41) is 1.37. The molecule has 2 aromatic rings. The van der Waals surface area contributed by atoms with E-state index in [1.807, 2.05) is 6.92 Å². The smallest absolute Gasteiger partial charge is 0.131 e. The van der Waals surface area contributed by atoms with Gasteiger partial charge in [0.05, 0.1) is 0 Å². The van der Waals surface area contributed by atoms with Gasteiger partial charge < -0.3 is 5.73 Å². The van der Waals surface area contributed by atoms with Gasteiger partial charge in [-0.25, -0.2) is 4.39 Å². The average molecular weight is 190 g/mol. The number of pyridine rings is 1. The molecular weight excluding hydrogens is 179 g/mol. The molecule has 1 atom stereocenters. The van der Waals surface area contributed by atoms with Gasteiger partial charge in [-0.15, -0.1) is 0 Å². The summed E-state index contributed by atoms with van der Waals surface area (Å²) in [5.74, 6) is -0.230. The van der Waals surface area contributed by atoms with Crippen LogP contribution in [0.15, 0.2) is 30.6 Å². The molecule has 0 bridgehead atoms. The lowest BCUT2D eigenvalue weighted by Gasteiger charge is -2.09. The van der Waals surface area contributed by atoms with Gasteiger partial charge in [0.25, 0.3) is 0 Å². The highest BCUT2D eigenvalue weighted by atomic mass is 19.1. The Morgan fingerprint density at radius 2 is 2.07 bits per heavy atom. The van der Waals surface area contributed by atoms with Crippen LogP contribution in [0.25, 0.3) is 10.8 Å². The summed E-state index contributed by atoms with van der Waals surface area (Å²) < 4.78 is 13.4. The average Bonchev–Trinajstić information content (AvgIpc) is 2.18. The van der Waals surface area contributed by atoms with Crippen molar-refractivity contribution in [1.82, 2.24) is 4.98 Å². The third kappa shape index (κ3) is 1.36. The third-order valence-corrected chi connectivity index (χ3v) is 2.29. The molecule has 0 aliphatic heterocycles. The normalized spacial score (nSPS) is 13.1. The summed E-state index contributed by atoms with van der Waals surface area (Å²) in [6, 6.07) is 4.71. The molecule has 2 nitrogen and oxygen atoms in total. The number of halogens is 1. The van der Waals surface area contributed by atoms with Crippen LogP contribution in [0.2, 0.25) is 0 Å². The van der Waals surface area contributed by atoms with Crippen LogP contribution < -0.4 is 5.73 Å². The second-order valence-electron chi connectivity index (χ2n) is 3.35. The highest BCUT2D eigenvalue weighted by Gasteiger charge is 2.08. The Hall–Kier alpha value is -1.48. The predicted molar refractivity (Wildman–Crippen MR) is 54.3 cm³/mol. The largest absolute Gasteiger partial charge is 0.324 e. The minimum atomic E-state index is -0.230. The van der Waals surface area contributed by atoms with Crippen molar-refractivity contribution in [3.8, 4) is 0 Å². The first kappa shape index (κ1) is 9.09. The lowest BCUT2D eigenvalue weighted by atomic mass is 10.0. The lowest BCUT2D eigenvalue weighted by Crippen LogP contribution is -2.05. The van der Waals surface area contributed by atoms with Crippen LogP contribution in [0.4, 0.5) is 4.39 Å². The van der Waals surface area contributed by atoms with Crippen LogP contribution in [0, 0.1) is 5.82 Å². The molecule has 0 spiro atoms. The van der Waals surface area contributed by atoms with Crippen LogP contribution in [-0.4, -0.2) is 4.98 Å². The van der Waals surface area contributed by atoms with E-state index in [9.17, 15) is 4.39 Å². The molecule has 0 saturated heterocycles. The molecule has 72 valence electrons. The van der Waals surface area contributed by atoms with Crippen LogP contribution in [-0.2, 0) is 0 Å². The van der Waals surface area contributed by atoms with E-state index >= 15 is 0 Å². The standard InChI is InChI=1S/C11H11FN2/c1-7(13)8-2-3-11(12)9-4-5-14-6-10(8)9/h2-7H,13H2,1H3. The van der Waals surface area contributed by atoms with Gasteiger partial charge in [-0.1, -0.05) is 6.07 Å².